The number of furan rings is 1. The summed E-state index contributed by atoms with van der Waals surface area (Å²) in [6, 6.07) is 12.3. The molecule has 3 rings (SSSR count). The minimum Gasteiger partial charge on any atom is -0.487 e. The zero-order valence-corrected chi connectivity index (χ0v) is 13.0. The number of nitrogens with one attached hydrogen (secondary N) is 1. The average molecular weight is 328 g/mol. The van der Waals surface area contributed by atoms with E-state index in [1.807, 2.05) is 0 Å². The van der Waals surface area contributed by atoms with Gasteiger partial charge in [0.25, 0.3) is 0 Å². The molecule has 24 heavy (non-hydrogen) atoms. The Morgan fingerprint density at radius 2 is 2.12 bits per heavy atom. The van der Waals surface area contributed by atoms with Crippen LogP contribution >= 0.6 is 0 Å². The predicted octanol–water partition coefficient (Wildman–Crippen LogP) is 4.08. The largest absolute Gasteiger partial charge is 0.487 e. The highest BCUT2D eigenvalue weighted by molar-refractivity contribution is 5.84. The maximum atomic E-state index is 11.4. The Morgan fingerprint density at radius 3 is 2.92 bits per heavy atom. The summed E-state index contributed by atoms with van der Waals surface area (Å²) in [5, 5.41) is 6.55. The number of benzene rings is 1. The number of hydrogen-bond acceptors (Lipinski definition) is 6. The molecule has 0 saturated heterocycles. The molecule has 0 radical (unpaired) electrons. The molecule has 0 bridgehead atoms. The van der Waals surface area contributed by atoms with E-state index >= 15 is 0 Å². The van der Waals surface area contributed by atoms with Gasteiger partial charge in [-0.1, -0.05) is 11.2 Å². The van der Waals surface area contributed by atoms with Crippen LogP contribution in [-0.4, -0.2) is 17.9 Å². The van der Waals surface area contributed by atoms with Crippen LogP contribution in [0.3, 0.4) is 0 Å². The third kappa shape index (κ3) is 3.95. The molecule has 7 heteroatoms. The molecule has 0 spiro atoms. The molecule has 7 nitrogen and oxygen atoms in total. The maximum absolute atomic E-state index is 11.4. The Balaban J connectivity index is 1.59. The molecule has 1 amide bonds. The molecule has 124 valence electrons. The lowest BCUT2D eigenvalue weighted by Crippen LogP contribution is -2.13. The summed E-state index contributed by atoms with van der Waals surface area (Å²) < 4.78 is 20.9. The van der Waals surface area contributed by atoms with E-state index < -0.39 is 6.09 Å². The molecule has 3 aromatic rings. The Bertz CT molecular complexity index is 795. The topological polar surface area (TPSA) is 86.7 Å². The lowest BCUT2D eigenvalue weighted by atomic mass is 10.3. The van der Waals surface area contributed by atoms with Crippen LogP contribution in [0, 0.1) is 0 Å². The van der Waals surface area contributed by atoms with Crippen molar-refractivity contribution in [2.24, 2.45) is 0 Å². The van der Waals surface area contributed by atoms with E-state index in [2.05, 4.69) is 10.5 Å². The molecular weight excluding hydrogens is 312 g/mol. The van der Waals surface area contributed by atoms with E-state index in [0.717, 1.165) is 0 Å². The Morgan fingerprint density at radius 1 is 1.21 bits per heavy atom. The van der Waals surface area contributed by atoms with Crippen molar-refractivity contribution in [3.8, 4) is 17.3 Å². The second-order valence-electron chi connectivity index (χ2n) is 4.82. The van der Waals surface area contributed by atoms with Crippen LogP contribution in [-0.2, 0) is 11.3 Å². The Labute approximate surface area is 138 Å². The molecule has 1 N–H and O–H groups in total. The number of rotatable bonds is 6. The highest BCUT2D eigenvalue weighted by Gasteiger charge is 2.10. The number of hydrogen-bond donors (Lipinski definition) is 1. The van der Waals surface area contributed by atoms with Crippen LogP contribution in [0.25, 0.3) is 11.5 Å². The van der Waals surface area contributed by atoms with Crippen LogP contribution in [0.5, 0.6) is 5.75 Å². The van der Waals surface area contributed by atoms with Gasteiger partial charge in [0.2, 0.25) is 5.76 Å². The van der Waals surface area contributed by atoms with Gasteiger partial charge >= 0.3 is 6.09 Å². The first-order chi connectivity index (χ1) is 11.7. The highest BCUT2D eigenvalue weighted by atomic mass is 16.5. The van der Waals surface area contributed by atoms with Gasteiger partial charge in [0.05, 0.1) is 12.9 Å². The maximum Gasteiger partial charge on any atom is 0.411 e. The molecule has 0 aliphatic carbocycles. The molecule has 0 unspecified atom stereocenters. The number of carbonyl (C=O) groups is 1. The van der Waals surface area contributed by atoms with Gasteiger partial charge in [-0.2, -0.15) is 0 Å². The first kappa shape index (κ1) is 15.7. The summed E-state index contributed by atoms with van der Waals surface area (Å²) in [5.41, 5.74) is 1.22. The first-order valence-corrected chi connectivity index (χ1v) is 7.40. The second-order valence-corrected chi connectivity index (χ2v) is 4.82. The zero-order chi connectivity index (χ0) is 16.8. The average Bonchev–Trinajstić information content (AvgIpc) is 3.25. The summed E-state index contributed by atoms with van der Waals surface area (Å²) in [7, 11) is 0. The van der Waals surface area contributed by atoms with Crippen LogP contribution in [0.4, 0.5) is 10.5 Å². The fraction of sp³-hybridized carbons (Fsp3) is 0.176. The highest BCUT2D eigenvalue weighted by Crippen LogP contribution is 2.22. The molecule has 2 aromatic heterocycles. The van der Waals surface area contributed by atoms with E-state index in [-0.39, 0.29) is 6.61 Å². The standard InChI is InChI=1S/C17H16N2O5/c1-2-21-17(20)18-12-5-3-6-14(9-12)23-11-13-10-16(24-19-13)15-7-4-8-22-15/h3-10H,2,11H2,1H3,(H,18,20). The third-order valence-electron chi connectivity index (χ3n) is 3.07. The van der Waals surface area contributed by atoms with Gasteiger partial charge in [0.1, 0.15) is 18.1 Å². The number of amides is 1. The minimum atomic E-state index is -0.505. The Hall–Kier alpha value is -3.22. The van der Waals surface area contributed by atoms with Crippen molar-refractivity contribution in [3.63, 3.8) is 0 Å². The summed E-state index contributed by atoms with van der Waals surface area (Å²) in [4.78, 5) is 11.4. The van der Waals surface area contributed by atoms with E-state index in [1.54, 1.807) is 55.7 Å². The van der Waals surface area contributed by atoms with Crippen LogP contribution in [0.1, 0.15) is 12.6 Å². The Kier molecular flexibility index (Phi) is 4.81. The van der Waals surface area contributed by atoms with Crippen molar-refractivity contribution in [1.82, 2.24) is 5.16 Å². The van der Waals surface area contributed by atoms with E-state index in [1.165, 1.54) is 0 Å². The van der Waals surface area contributed by atoms with Gasteiger partial charge in [0.15, 0.2) is 5.76 Å². The van der Waals surface area contributed by atoms with Gasteiger partial charge in [-0.3, -0.25) is 5.32 Å². The fourth-order valence-electron chi connectivity index (χ4n) is 2.02. The third-order valence-corrected chi connectivity index (χ3v) is 3.07. The molecule has 0 aliphatic heterocycles. The summed E-state index contributed by atoms with van der Waals surface area (Å²) in [6.07, 6.45) is 1.06. The SMILES string of the molecule is CCOC(=O)Nc1cccc(OCc2cc(-c3ccco3)on2)c1. The molecule has 0 fully saturated rings. The van der Waals surface area contributed by atoms with Crippen LogP contribution < -0.4 is 10.1 Å². The fourth-order valence-corrected chi connectivity index (χ4v) is 2.02. The molecule has 0 atom stereocenters. The molecule has 0 aliphatic rings. The minimum absolute atomic E-state index is 0.229. The lowest BCUT2D eigenvalue weighted by Gasteiger charge is -2.08. The second kappa shape index (κ2) is 7.36. The number of anilines is 1. The van der Waals surface area contributed by atoms with E-state index in [9.17, 15) is 4.79 Å². The van der Waals surface area contributed by atoms with Crippen molar-refractivity contribution in [1.29, 1.82) is 0 Å². The van der Waals surface area contributed by atoms with Gasteiger partial charge in [-0.15, -0.1) is 0 Å². The van der Waals surface area contributed by atoms with Crippen molar-refractivity contribution < 1.29 is 23.2 Å². The van der Waals surface area contributed by atoms with E-state index in [0.29, 0.717) is 35.3 Å². The van der Waals surface area contributed by atoms with Crippen molar-refractivity contribution in [3.05, 3.63) is 54.4 Å². The van der Waals surface area contributed by atoms with Gasteiger partial charge in [-0.25, -0.2) is 4.79 Å². The van der Waals surface area contributed by atoms with E-state index in [4.69, 9.17) is 18.4 Å². The van der Waals surface area contributed by atoms with Gasteiger partial charge < -0.3 is 18.4 Å². The molecule has 0 saturated carbocycles. The first-order valence-electron chi connectivity index (χ1n) is 7.40. The summed E-state index contributed by atoms with van der Waals surface area (Å²) in [6.45, 7) is 2.28. The van der Waals surface area contributed by atoms with Gasteiger partial charge in [0, 0.05) is 17.8 Å². The summed E-state index contributed by atoms with van der Waals surface area (Å²) >= 11 is 0. The number of carbonyl (C=O) groups excluding carboxylic acids is 1. The normalized spacial score (nSPS) is 10.4. The number of nitrogens with zero attached hydrogens (tertiary/aromatic N) is 1. The van der Waals surface area contributed by atoms with Crippen molar-refractivity contribution >= 4 is 11.8 Å². The number of ether oxygens (including phenoxy) is 2. The lowest BCUT2D eigenvalue weighted by molar-refractivity contribution is 0.168. The summed E-state index contributed by atoms with van der Waals surface area (Å²) in [5.74, 6) is 1.73. The van der Waals surface area contributed by atoms with Gasteiger partial charge in [-0.05, 0) is 31.2 Å². The zero-order valence-electron chi connectivity index (χ0n) is 13.0. The molecule has 1 aromatic carbocycles. The quantitative estimate of drug-likeness (QED) is 0.733. The predicted molar refractivity (Wildman–Crippen MR) is 85.6 cm³/mol. The number of aromatic nitrogens is 1. The van der Waals surface area contributed by atoms with Crippen molar-refractivity contribution in [2.45, 2.75) is 13.5 Å². The smallest absolute Gasteiger partial charge is 0.411 e. The van der Waals surface area contributed by atoms with Crippen molar-refractivity contribution in [2.75, 3.05) is 11.9 Å². The monoisotopic (exact) mass is 328 g/mol. The molecular formula is C17H16N2O5. The molecule has 2 heterocycles. The van der Waals surface area contributed by atoms with Crippen LogP contribution in [0.2, 0.25) is 0 Å². The van der Waals surface area contributed by atoms with Crippen LogP contribution in [0.15, 0.2) is 57.7 Å².